The van der Waals surface area contributed by atoms with Crippen LogP contribution < -0.4 is 14.8 Å². The van der Waals surface area contributed by atoms with Gasteiger partial charge in [0.25, 0.3) is 0 Å². The molecule has 0 saturated carbocycles. The molecule has 7 heteroatoms. The van der Waals surface area contributed by atoms with Crippen LogP contribution in [0.25, 0.3) is 0 Å². The molecule has 0 radical (unpaired) electrons. The summed E-state index contributed by atoms with van der Waals surface area (Å²) in [7, 11) is -0.396. The van der Waals surface area contributed by atoms with Gasteiger partial charge in [-0.3, -0.25) is 0 Å². The van der Waals surface area contributed by atoms with Crippen molar-refractivity contribution in [3.8, 4) is 5.75 Å². The van der Waals surface area contributed by atoms with E-state index in [1.165, 1.54) is 7.05 Å². The second kappa shape index (κ2) is 8.11. The highest BCUT2D eigenvalue weighted by Gasteiger charge is 2.14. The van der Waals surface area contributed by atoms with Crippen LogP contribution in [0.2, 0.25) is 0 Å². The van der Waals surface area contributed by atoms with Crippen molar-refractivity contribution in [3.63, 3.8) is 0 Å². The van der Waals surface area contributed by atoms with Gasteiger partial charge >= 0.3 is 0 Å². The van der Waals surface area contributed by atoms with E-state index in [0.717, 1.165) is 21.3 Å². The second-order valence-electron chi connectivity index (χ2n) is 5.34. The molecule has 0 aliphatic rings. The molecule has 5 nitrogen and oxygen atoms in total. The number of hydrogen-bond donors (Lipinski definition) is 2. The Kier molecular flexibility index (Phi) is 6.40. The van der Waals surface area contributed by atoms with Gasteiger partial charge in [0, 0.05) is 17.1 Å². The molecule has 0 bridgehead atoms. The largest absolute Gasteiger partial charge is 0.497 e. The van der Waals surface area contributed by atoms with E-state index in [1.807, 2.05) is 31.2 Å². The van der Waals surface area contributed by atoms with Crippen molar-refractivity contribution in [1.82, 2.24) is 10.0 Å². The Morgan fingerprint density at radius 2 is 1.96 bits per heavy atom. The molecule has 130 valence electrons. The summed E-state index contributed by atoms with van der Waals surface area (Å²) in [6.07, 6.45) is 0. The molecular weight excluding hydrogens is 392 g/mol. The average molecular weight is 413 g/mol. The Bertz CT molecular complexity index is 809. The number of ether oxygens (including phenoxy) is 1. The predicted octanol–water partition coefficient (Wildman–Crippen LogP) is 3.22. The van der Waals surface area contributed by atoms with Crippen LogP contribution in [0, 0.1) is 0 Å². The molecule has 1 atom stereocenters. The summed E-state index contributed by atoms with van der Waals surface area (Å²) >= 11 is 3.53. The van der Waals surface area contributed by atoms with Crippen molar-refractivity contribution in [2.45, 2.75) is 24.4 Å². The van der Waals surface area contributed by atoms with E-state index < -0.39 is 10.0 Å². The van der Waals surface area contributed by atoms with Gasteiger partial charge in [-0.1, -0.05) is 28.1 Å². The van der Waals surface area contributed by atoms with Crippen LogP contribution in [0.5, 0.6) is 5.75 Å². The van der Waals surface area contributed by atoms with E-state index in [9.17, 15) is 8.42 Å². The van der Waals surface area contributed by atoms with E-state index in [1.54, 1.807) is 25.3 Å². The fraction of sp³-hybridized carbons (Fsp3) is 0.294. The highest BCUT2D eigenvalue weighted by Crippen LogP contribution is 2.24. The second-order valence-corrected chi connectivity index (χ2v) is 8.08. The lowest BCUT2D eigenvalue weighted by atomic mass is 10.1. The molecule has 0 aromatic heterocycles. The lowest BCUT2D eigenvalue weighted by Crippen LogP contribution is -2.21. The van der Waals surface area contributed by atoms with E-state index >= 15 is 0 Å². The van der Waals surface area contributed by atoms with Crippen LogP contribution in [0.15, 0.2) is 51.8 Å². The molecule has 24 heavy (non-hydrogen) atoms. The van der Waals surface area contributed by atoms with Crippen LogP contribution in [-0.4, -0.2) is 22.6 Å². The van der Waals surface area contributed by atoms with E-state index in [2.05, 4.69) is 26.0 Å². The lowest BCUT2D eigenvalue weighted by Gasteiger charge is -2.16. The Morgan fingerprint density at radius 3 is 2.62 bits per heavy atom. The minimum atomic E-state index is -3.44. The fourth-order valence-corrected chi connectivity index (χ4v) is 3.43. The molecule has 2 aromatic carbocycles. The Labute approximate surface area is 151 Å². The van der Waals surface area contributed by atoms with E-state index in [0.29, 0.717) is 6.54 Å². The molecule has 0 aliphatic carbocycles. The minimum Gasteiger partial charge on any atom is -0.497 e. The van der Waals surface area contributed by atoms with Crippen LogP contribution in [-0.2, 0) is 16.6 Å². The van der Waals surface area contributed by atoms with Crippen molar-refractivity contribution < 1.29 is 13.2 Å². The van der Waals surface area contributed by atoms with Gasteiger partial charge < -0.3 is 10.1 Å². The maximum Gasteiger partial charge on any atom is 0.240 e. The minimum absolute atomic E-state index is 0.00453. The zero-order valence-corrected chi connectivity index (χ0v) is 16.2. The van der Waals surface area contributed by atoms with Gasteiger partial charge in [-0.2, -0.15) is 0 Å². The molecular formula is C17H21BrN2O3S. The van der Waals surface area contributed by atoms with Crippen molar-refractivity contribution in [2.24, 2.45) is 0 Å². The first-order valence-electron chi connectivity index (χ1n) is 7.46. The smallest absolute Gasteiger partial charge is 0.240 e. The third-order valence-electron chi connectivity index (χ3n) is 3.79. The van der Waals surface area contributed by atoms with E-state index in [4.69, 9.17) is 4.74 Å². The Hall–Kier alpha value is -1.41. The van der Waals surface area contributed by atoms with Crippen LogP contribution in [0.1, 0.15) is 24.1 Å². The first kappa shape index (κ1) is 18.9. The molecule has 2 N–H and O–H groups in total. The number of halogens is 1. The summed E-state index contributed by atoms with van der Waals surface area (Å²) in [5.74, 6) is 0.796. The van der Waals surface area contributed by atoms with Crippen molar-refractivity contribution in [2.75, 3.05) is 14.2 Å². The quantitative estimate of drug-likeness (QED) is 0.732. The number of sulfonamides is 1. The van der Waals surface area contributed by atoms with Gasteiger partial charge in [0.2, 0.25) is 10.0 Å². The first-order chi connectivity index (χ1) is 11.4. The summed E-state index contributed by atoms with van der Waals surface area (Å²) in [5, 5.41) is 3.40. The molecule has 2 aromatic rings. The normalized spacial score (nSPS) is 12.8. The summed E-state index contributed by atoms with van der Waals surface area (Å²) in [6.45, 7) is 2.63. The maximum absolute atomic E-state index is 11.9. The summed E-state index contributed by atoms with van der Waals surface area (Å²) < 4.78 is 32.4. The van der Waals surface area contributed by atoms with Crippen molar-refractivity contribution in [3.05, 3.63) is 58.1 Å². The predicted molar refractivity (Wildman–Crippen MR) is 98.6 cm³/mol. The number of hydrogen-bond acceptors (Lipinski definition) is 4. The molecule has 0 aliphatic heterocycles. The highest BCUT2D eigenvalue weighted by atomic mass is 79.9. The van der Waals surface area contributed by atoms with Gasteiger partial charge in [0.15, 0.2) is 0 Å². The van der Waals surface area contributed by atoms with E-state index in [-0.39, 0.29) is 10.9 Å². The van der Waals surface area contributed by atoms with Crippen LogP contribution in [0.3, 0.4) is 0 Å². The molecule has 0 saturated heterocycles. The summed E-state index contributed by atoms with van der Waals surface area (Å²) in [6, 6.07) is 12.7. The fourth-order valence-electron chi connectivity index (χ4n) is 2.26. The first-order valence-corrected chi connectivity index (χ1v) is 9.74. The lowest BCUT2D eigenvalue weighted by molar-refractivity contribution is 0.413. The topological polar surface area (TPSA) is 67.4 Å². The number of nitrogens with one attached hydrogen (secondary N) is 2. The van der Waals surface area contributed by atoms with Crippen molar-refractivity contribution in [1.29, 1.82) is 0 Å². The molecule has 0 unspecified atom stereocenters. The number of rotatable bonds is 7. The average Bonchev–Trinajstić information content (AvgIpc) is 2.60. The highest BCUT2D eigenvalue weighted by molar-refractivity contribution is 9.10. The zero-order valence-electron chi connectivity index (χ0n) is 13.8. The van der Waals surface area contributed by atoms with Gasteiger partial charge in [-0.15, -0.1) is 0 Å². The van der Waals surface area contributed by atoms with Gasteiger partial charge in [0.05, 0.1) is 12.0 Å². The SMILES string of the molecule is CNS(=O)(=O)c1cccc([C@@H](C)NCc2cc(OC)ccc2Br)c1. The molecule has 2 rings (SSSR count). The number of methoxy groups -OCH3 is 1. The monoisotopic (exact) mass is 412 g/mol. The molecule has 0 spiro atoms. The van der Waals surface area contributed by atoms with Gasteiger partial charge in [-0.25, -0.2) is 13.1 Å². The third-order valence-corrected chi connectivity index (χ3v) is 5.97. The maximum atomic E-state index is 11.9. The summed E-state index contributed by atoms with van der Waals surface area (Å²) in [4.78, 5) is 0.263. The Balaban J connectivity index is 2.13. The van der Waals surface area contributed by atoms with Crippen molar-refractivity contribution >= 4 is 26.0 Å². The molecule has 0 amide bonds. The van der Waals surface area contributed by atoms with Gasteiger partial charge in [0.1, 0.15) is 5.75 Å². The Morgan fingerprint density at radius 1 is 1.21 bits per heavy atom. The molecule has 0 heterocycles. The van der Waals surface area contributed by atoms with Gasteiger partial charge in [-0.05, 0) is 55.4 Å². The van der Waals surface area contributed by atoms with Crippen LogP contribution in [0.4, 0.5) is 0 Å². The number of benzene rings is 2. The zero-order chi connectivity index (χ0) is 17.7. The third kappa shape index (κ3) is 4.57. The standard InChI is InChI=1S/C17H21BrN2O3S/c1-12(13-5-4-6-16(10-13)24(21,22)19-2)20-11-14-9-15(23-3)7-8-17(14)18/h4-10,12,19-20H,11H2,1-3H3/t12-/m1/s1. The molecule has 0 fully saturated rings. The van der Waals surface area contributed by atoms with Crippen LogP contribution >= 0.6 is 15.9 Å². The summed E-state index contributed by atoms with van der Waals surface area (Å²) in [5.41, 5.74) is 1.98.